The summed E-state index contributed by atoms with van der Waals surface area (Å²) in [4.78, 5) is 23.1. The number of carbonyl (C=O) groups is 2. The van der Waals surface area contributed by atoms with Gasteiger partial charge in [0.2, 0.25) is 17.6 Å². The molecule has 0 atom stereocenters. The van der Waals surface area contributed by atoms with Crippen LogP contribution in [0.1, 0.15) is 0 Å². The normalized spacial score (nSPS) is 10.2. The van der Waals surface area contributed by atoms with Crippen LogP contribution in [0.5, 0.6) is 0 Å². The summed E-state index contributed by atoms with van der Waals surface area (Å²) in [6.07, 6.45) is 0. The van der Waals surface area contributed by atoms with Gasteiger partial charge in [-0.2, -0.15) is 4.80 Å². The Hall–Kier alpha value is -2.29. The van der Waals surface area contributed by atoms with Gasteiger partial charge in [-0.1, -0.05) is 15.9 Å². The Bertz CT molecular complexity index is 624. The fourth-order valence-corrected chi connectivity index (χ4v) is 1.66. The molecule has 0 saturated carbocycles. The number of rotatable bonds is 5. The second kappa shape index (κ2) is 6.24. The van der Waals surface area contributed by atoms with Crippen molar-refractivity contribution in [1.82, 2.24) is 25.5 Å². The third kappa shape index (κ3) is 3.85. The fraction of sp³-hybridized carbons (Fsp3) is 0.182. The Balaban J connectivity index is 2.00. The first-order valence-corrected chi connectivity index (χ1v) is 6.42. The molecule has 3 N–H and O–H groups in total. The van der Waals surface area contributed by atoms with Crippen LogP contribution in [-0.4, -0.2) is 38.6 Å². The topological polar surface area (TPSA) is 116 Å². The maximum Gasteiger partial charge on any atom is 0.244 e. The molecule has 8 nitrogen and oxygen atoms in total. The highest BCUT2D eigenvalue weighted by molar-refractivity contribution is 9.10. The molecular formula is C11H11BrN6O2. The molecule has 9 heteroatoms. The number of hydrogen-bond donors (Lipinski definition) is 2. The molecular weight excluding hydrogens is 328 g/mol. The van der Waals surface area contributed by atoms with E-state index in [2.05, 4.69) is 36.7 Å². The van der Waals surface area contributed by atoms with Gasteiger partial charge in [-0.3, -0.25) is 9.59 Å². The van der Waals surface area contributed by atoms with Crippen molar-refractivity contribution in [2.24, 2.45) is 5.73 Å². The molecule has 1 heterocycles. The second-order valence-electron chi connectivity index (χ2n) is 3.89. The predicted octanol–water partition coefficient (Wildman–Crippen LogP) is -0.296. The summed E-state index contributed by atoms with van der Waals surface area (Å²) in [5.74, 6) is -0.607. The van der Waals surface area contributed by atoms with E-state index in [4.69, 9.17) is 5.73 Å². The molecule has 0 aliphatic rings. The van der Waals surface area contributed by atoms with Crippen LogP contribution < -0.4 is 11.1 Å². The highest BCUT2D eigenvalue weighted by Crippen LogP contribution is 2.17. The van der Waals surface area contributed by atoms with E-state index in [0.717, 1.165) is 14.8 Å². The zero-order valence-corrected chi connectivity index (χ0v) is 11.9. The Morgan fingerprint density at radius 3 is 2.65 bits per heavy atom. The molecule has 0 spiro atoms. The van der Waals surface area contributed by atoms with Crippen LogP contribution in [0.4, 0.5) is 0 Å². The van der Waals surface area contributed by atoms with Crippen LogP contribution in [0.25, 0.3) is 11.4 Å². The van der Waals surface area contributed by atoms with Gasteiger partial charge in [-0.25, -0.2) is 0 Å². The third-order valence-electron chi connectivity index (χ3n) is 2.30. The van der Waals surface area contributed by atoms with Crippen molar-refractivity contribution in [2.75, 3.05) is 6.54 Å². The van der Waals surface area contributed by atoms with Crippen LogP contribution in [0.15, 0.2) is 28.7 Å². The monoisotopic (exact) mass is 338 g/mol. The number of benzene rings is 1. The smallest absolute Gasteiger partial charge is 0.244 e. The van der Waals surface area contributed by atoms with E-state index in [1.165, 1.54) is 0 Å². The molecule has 0 bridgehead atoms. The molecule has 0 aliphatic carbocycles. The lowest BCUT2D eigenvalue weighted by molar-refractivity contribution is -0.125. The molecule has 0 unspecified atom stereocenters. The van der Waals surface area contributed by atoms with Crippen molar-refractivity contribution in [3.63, 3.8) is 0 Å². The van der Waals surface area contributed by atoms with Crippen LogP contribution >= 0.6 is 15.9 Å². The average Bonchev–Trinajstić information content (AvgIpc) is 2.85. The lowest BCUT2D eigenvalue weighted by atomic mass is 10.2. The predicted molar refractivity (Wildman–Crippen MR) is 73.2 cm³/mol. The zero-order valence-electron chi connectivity index (χ0n) is 10.3. The molecule has 0 aliphatic heterocycles. The Morgan fingerprint density at radius 1 is 1.30 bits per heavy atom. The van der Waals surface area contributed by atoms with E-state index in [0.29, 0.717) is 5.82 Å². The zero-order chi connectivity index (χ0) is 14.5. The Morgan fingerprint density at radius 2 is 2.00 bits per heavy atom. The van der Waals surface area contributed by atoms with Crippen molar-refractivity contribution in [1.29, 1.82) is 0 Å². The largest absolute Gasteiger partial charge is 0.368 e. The van der Waals surface area contributed by atoms with Crippen molar-refractivity contribution < 1.29 is 9.59 Å². The number of tetrazole rings is 1. The van der Waals surface area contributed by atoms with Gasteiger partial charge in [0, 0.05) is 10.0 Å². The third-order valence-corrected chi connectivity index (χ3v) is 2.83. The lowest BCUT2D eigenvalue weighted by Gasteiger charge is -2.00. The van der Waals surface area contributed by atoms with Gasteiger partial charge in [-0.15, -0.1) is 10.2 Å². The summed E-state index contributed by atoms with van der Waals surface area (Å²) < 4.78 is 0.944. The van der Waals surface area contributed by atoms with Crippen molar-refractivity contribution in [2.45, 2.75) is 6.54 Å². The first-order valence-electron chi connectivity index (χ1n) is 5.63. The minimum atomic E-state index is -0.611. The standard InChI is InChI=1S/C11H11BrN6O2/c12-8-3-1-7(2-4-8)11-15-17-18(16-11)6-10(20)14-5-9(13)19/h1-4H,5-6H2,(H2,13,19)(H,14,20). The van der Waals surface area contributed by atoms with Gasteiger partial charge in [0.25, 0.3) is 0 Å². The SMILES string of the molecule is NC(=O)CNC(=O)Cn1nnc(-c2ccc(Br)cc2)n1. The number of carbonyl (C=O) groups excluding carboxylic acids is 2. The molecule has 1 aromatic heterocycles. The second-order valence-corrected chi connectivity index (χ2v) is 4.81. The number of primary amides is 1. The molecule has 0 radical (unpaired) electrons. The van der Waals surface area contributed by atoms with Crippen molar-refractivity contribution >= 4 is 27.7 Å². The molecule has 2 aromatic rings. The molecule has 104 valence electrons. The molecule has 1 aromatic carbocycles. The minimum absolute atomic E-state index is 0.128. The van der Waals surface area contributed by atoms with Crippen molar-refractivity contribution in [3.05, 3.63) is 28.7 Å². The molecule has 2 amide bonds. The maximum atomic E-state index is 11.5. The molecule has 2 rings (SSSR count). The number of nitrogens with two attached hydrogens (primary N) is 1. The minimum Gasteiger partial charge on any atom is -0.368 e. The van der Waals surface area contributed by atoms with Crippen LogP contribution in [-0.2, 0) is 16.1 Å². The summed E-state index contributed by atoms with van der Waals surface area (Å²) in [5.41, 5.74) is 5.71. The number of nitrogens with one attached hydrogen (secondary N) is 1. The first kappa shape index (κ1) is 14.1. The molecule has 0 fully saturated rings. The van der Waals surface area contributed by atoms with Crippen LogP contribution in [0, 0.1) is 0 Å². The molecule has 20 heavy (non-hydrogen) atoms. The summed E-state index contributed by atoms with van der Waals surface area (Å²) in [7, 11) is 0. The van der Waals surface area contributed by atoms with Gasteiger partial charge in [-0.05, 0) is 29.5 Å². The Labute approximate surface area is 122 Å². The van der Waals surface area contributed by atoms with Gasteiger partial charge < -0.3 is 11.1 Å². The van der Waals surface area contributed by atoms with Gasteiger partial charge >= 0.3 is 0 Å². The van der Waals surface area contributed by atoms with E-state index in [9.17, 15) is 9.59 Å². The van der Waals surface area contributed by atoms with E-state index in [1.54, 1.807) is 0 Å². The van der Waals surface area contributed by atoms with E-state index >= 15 is 0 Å². The van der Waals surface area contributed by atoms with Crippen LogP contribution in [0.2, 0.25) is 0 Å². The summed E-state index contributed by atoms with van der Waals surface area (Å²) >= 11 is 3.33. The summed E-state index contributed by atoms with van der Waals surface area (Å²) in [5, 5.41) is 14.0. The maximum absolute atomic E-state index is 11.5. The van der Waals surface area contributed by atoms with Crippen molar-refractivity contribution in [3.8, 4) is 11.4 Å². The summed E-state index contributed by atoms with van der Waals surface area (Å²) in [6.45, 7) is -0.343. The first-order chi connectivity index (χ1) is 9.54. The number of hydrogen-bond acceptors (Lipinski definition) is 5. The molecule has 0 saturated heterocycles. The highest BCUT2D eigenvalue weighted by Gasteiger charge is 2.09. The van der Waals surface area contributed by atoms with Crippen LogP contribution in [0.3, 0.4) is 0 Å². The van der Waals surface area contributed by atoms with Gasteiger partial charge in [0.1, 0.15) is 6.54 Å². The van der Waals surface area contributed by atoms with Gasteiger partial charge in [0.05, 0.1) is 6.54 Å². The summed E-state index contributed by atoms with van der Waals surface area (Å²) in [6, 6.07) is 7.38. The highest BCUT2D eigenvalue weighted by atomic mass is 79.9. The van der Waals surface area contributed by atoms with E-state index in [-0.39, 0.29) is 13.1 Å². The number of halogens is 1. The van der Waals surface area contributed by atoms with E-state index in [1.807, 2.05) is 24.3 Å². The van der Waals surface area contributed by atoms with E-state index < -0.39 is 11.8 Å². The number of aromatic nitrogens is 4. The average molecular weight is 339 g/mol. The van der Waals surface area contributed by atoms with Gasteiger partial charge in [0.15, 0.2) is 0 Å². The number of nitrogens with zero attached hydrogens (tertiary/aromatic N) is 4. The fourth-order valence-electron chi connectivity index (χ4n) is 1.39. The number of amides is 2. The lowest BCUT2D eigenvalue weighted by Crippen LogP contribution is -2.35. The Kier molecular flexibility index (Phi) is 4.41. The quantitative estimate of drug-likeness (QED) is 0.776.